The van der Waals surface area contributed by atoms with Crippen molar-refractivity contribution >= 4 is 28.9 Å². The van der Waals surface area contributed by atoms with Gasteiger partial charge in [0, 0.05) is 16.8 Å². The molecule has 6 heteroatoms. The van der Waals surface area contributed by atoms with Crippen LogP contribution in [0.4, 0.5) is 17.1 Å². The van der Waals surface area contributed by atoms with Crippen LogP contribution in [0.1, 0.15) is 20.8 Å². The minimum absolute atomic E-state index is 0.0764. The second kappa shape index (κ2) is 9.60. The molecule has 2 aromatic rings. The molecule has 0 radical (unpaired) electrons. The fourth-order valence-corrected chi connectivity index (χ4v) is 2.26. The first-order chi connectivity index (χ1) is 13.3. The molecule has 2 rings (SSSR count). The lowest BCUT2D eigenvalue weighted by Gasteiger charge is -2.18. The molecule has 0 saturated carbocycles. The molecule has 148 valence electrons. The summed E-state index contributed by atoms with van der Waals surface area (Å²) in [7, 11) is 0. The quantitative estimate of drug-likeness (QED) is 0.596. The zero-order valence-electron chi connectivity index (χ0n) is 16.5. The number of hydrogen-bond acceptors (Lipinski definition) is 4. The summed E-state index contributed by atoms with van der Waals surface area (Å²) in [5, 5.41) is 8.74. The molecule has 0 aliphatic heterocycles. The molecular formula is C22H27N3O3. The van der Waals surface area contributed by atoms with Gasteiger partial charge in [0.15, 0.2) is 0 Å². The van der Waals surface area contributed by atoms with E-state index in [0.717, 1.165) is 5.69 Å². The van der Waals surface area contributed by atoms with Crippen molar-refractivity contribution in [2.24, 2.45) is 5.41 Å². The van der Waals surface area contributed by atoms with Crippen molar-refractivity contribution < 1.29 is 14.3 Å². The van der Waals surface area contributed by atoms with Crippen LogP contribution in [0.15, 0.2) is 61.2 Å². The highest BCUT2D eigenvalue weighted by atomic mass is 16.5. The number of carbonyl (C=O) groups is 2. The standard InChI is InChI=1S/C22H27N3O3/c1-5-13-28-19-12-7-6-11-18(19)23-15-20(26)24-16-9-8-10-17(14-16)25-21(27)22(2,3)4/h5-12,14,23H,1,13,15H2,2-4H3,(H,24,26)(H,25,27). The van der Waals surface area contributed by atoms with Gasteiger partial charge in [-0.1, -0.05) is 51.6 Å². The number of rotatable bonds is 8. The van der Waals surface area contributed by atoms with Gasteiger partial charge in [0.25, 0.3) is 0 Å². The summed E-state index contributed by atoms with van der Waals surface area (Å²) in [5.74, 6) is 0.355. The molecule has 28 heavy (non-hydrogen) atoms. The summed E-state index contributed by atoms with van der Waals surface area (Å²) in [6.07, 6.45) is 1.66. The average Bonchev–Trinajstić information content (AvgIpc) is 2.65. The molecule has 0 spiro atoms. The van der Waals surface area contributed by atoms with E-state index in [0.29, 0.717) is 23.7 Å². The maximum atomic E-state index is 12.3. The number of amides is 2. The number of ether oxygens (including phenoxy) is 1. The lowest BCUT2D eigenvalue weighted by Crippen LogP contribution is -2.27. The van der Waals surface area contributed by atoms with Gasteiger partial charge in [0.05, 0.1) is 12.2 Å². The molecule has 6 nitrogen and oxygen atoms in total. The Morgan fingerprint density at radius 1 is 1.04 bits per heavy atom. The first kappa shape index (κ1) is 21.0. The zero-order valence-corrected chi connectivity index (χ0v) is 16.5. The van der Waals surface area contributed by atoms with Crippen molar-refractivity contribution in [1.29, 1.82) is 0 Å². The van der Waals surface area contributed by atoms with Crippen LogP contribution in [-0.4, -0.2) is 25.0 Å². The summed E-state index contributed by atoms with van der Waals surface area (Å²) in [6.45, 7) is 9.62. The second-order valence-electron chi connectivity index (χ2n) is 7.28. The number of carbonyl (C=O) groups excluding carboxylic acids is 2. The van der Waals surface area contributed by atoms with Crippen molar-refractivity contribution in [3.63, 3.8) is 0 Å². The molecule has 0 heterocycles. The lowest BCUT2D eigenvalue weighted by molar-refractivity contribution is -0.123. The highest BCUT2D eigenvalue weighted by Gasteiger charge is 2.21. The number of para-hydroxylation sites is 2. The van der Waals surface area contributed by atoms with E-state index in [4.69, 9.17) is 4.74 Å². The fraction of sp³-hybridized carbons (Fsp3) is 0.273. The monoisotopic (exact) mass is 381 g/mol. The van der Waals surface area contributed by atoms with Gasteiger partial charge in [-0.2, -0.15) is 0 Å². The third-order valence-electron chi connectivity index (χ3n) is 3.77. The van der Waals surface area contributed by atoms with Gasteiger partial charge in [-0.3, -0.25) is 9.59 Å². The molecule has 0 bridgehead atoms. The maximum absolute atomic E-state index is 12.3. The van der Waals surface area contributed by atoms with Gasteiger partial charge in [0.2, 0.25) is 11.8 Å². The SMILES string of the molecule is C=CCOc1ccccc1NCC(=O)Nc1cccc(NC(=O)C(C)(C)C)c1. The van der Waals surface area contributed by atoms with Gasteiger partial charge in [-0.15, -0.1) is 0 Å². The van der Waals surface area contributed by atoms with Crippen molar-refractivity contribution in [3.8, 4) is 5.75 Å². The number of anilines is 3. The largest absolute Gasteiger partial charge is 0.487 e. The Morgan fingerprint density at radius 3 is 2.39 bits per heavy atom. The molecule has 0 unspecified atom stereocenters. The van der Waals surface area contributed by atoms with Gasteiger partial charge in [0.1, 0.15) is 12.4 Å². The Hall–Kier alpha value is -3.28. The van der Waals surface area contributed by atoms with E-state index >= 15 is 0 Å². The van der Waals surface area contributed by atoms with Crippen LogP contribution in [0.25, 0.3) is 0 Å². The first-order valence-corrected chi connectivity index (χ1v) is 9.07. The van der Waals surface area contributed by atoms with Gasteiger partial charge in [-0.05, 0) is 30.3 Å². The van der Waals surface area contributed by atoms with Crippen LogP contribution in [0, 0.1) is 5.41 Å². The smallest absolute Gasteiger partial charge is 0.243 e. The molecular weight excluding hydrogens is 354 g/mol. The Labute approximate surface area is 166 Å². The predicted molar refractivity (Wildman–Crippen MR) is 114 cm³/mol. The number of hydrogen-bond donors (Lipinski definition) is 3. The summed E-state index contributed by atoms with van der Waals surface area (Å²) in [4.78, 5) is 24.4. The van der Waals surface area contributed by atoms with E-state index in [1.165, 1.54) is 0 Å². The van der Waals surface area contributed by atoms with Gasteiger partial charge in [-0.25, -0.2) is 0 Å². The topological polar surface area (TPSA) is 79.5 Å². The second-order valence-corrected chi connectivity index (χ2v) is 7.28. The number of nitrogens with one attached hydrogen (secondary N) is 3. The summed E-state index contributed by atoms with van der Waals surface area (Å²) in [6, 6.07) is 14.4. The van der Waals surface area contributed by atoms with Crippen LogP contribution in [0.3, 0.4) is 0 Å². The minimum atomic E-state index is -0.496. The van der Waals surface area contributed by atoms with E-state index in [9.17, 15) is 9.59 Å². The highest BCUT2D eigenvalue weighted by molar-refractivity contribution is 5.97. The molecule has 0 aliphatic carbocycles. The highest BCUT2D eigenvalue weighted by Crippen LogP contribution is 2.24. The predicted octanol–water partition coefficient (Wildman–Crippen LogP) is 4.29. The van der Waals surface area contributed by atoms with Crippen molar-refractivity contribution in [2.45, 2.75) is 20.8 Å². The van der Waals surface area contributed by atoms with Crippen molar-refractivity contribution in [1.82, 2.24) is 0 Å². The third-order valence-corrected chi connectivity index (χ3v) is 3.77. The Bertz CT molecular complexity index is 841. The van der Waals surface area contributed by atoms with E-state index in [-0.39, 0.29) is 18.4 Å². The van der Waals surface area contributed by atoms with E-state index in [2.05, 4.69) is 22.5 Å². The van der Waals surface area contributed by atoms with E-state index in [1.54, 1.807) is 30.3 Å². The molecule has 0 aromatic heterocycles. The lowest BCUT2D eigenvalue weighted by atomic mass is 9.95. The van der Waals surface area contributed by atoms with Crippen molar-refractivity contribution in [2.75, 3.05) is 29.1 Å². The molecule has 3 N–H and O–H groups in total. The van der Waals surface area contributed by atoms with E-state index in [1.807, 2.05) is 45.0 Å². The average molecular weight is 381 g/mol. The number of benzene rings is 2. The van der Waals surface area contributed by atoms with Crippen LogP contribution in [0.2, 0.25) is 0 Å². The Balaban J connectivity index is 1.94. The summed E-state index contributed by atoms with van der Waals surface area (Å²) >= 11 is 0. The third kappa shape index (κ3) is 6.46. The molecule has 0 saturated heterocycles. The van der Waals surface area contributed by atoms with Gasteiger partial charge >= 0.3 is 0 Å². The molecule has 0 atom stereocenters. The van der Waals surface area contributed by atoms with Crippen molar-refractivity contribution in [3.05, 3.63) is 61.2 Å². The summed E-state index contributed by atoms with van der Waals surface area (Å²) < 4.78 is 5.56. The molecule has 0 fully saturated rings. The molecule has 0 aliphatic rings. The molecule has 2 amide bonds. The van der Waals surface area contributed by atoms with Crippen LogP contribution < -0.4 is 20.7 Å². The van der Waals surface area contributed by atoms with Gasteiger partial charge < -0.3 is 20.7 Å². The van der Waals surface area contributed by atoms with Crippen LogP contribution in [-0.2, 0) is 9.59 Å². The Morgan fingerprint density at radius 2 is 1.71 bits per heavy atom. The normalized spacial score (nSPS) is 10.7. The first-order valence-electron chi connectivity index (χ1n) is 9.07. The maximum Gasteiger partial charge on any atom is 0.243 e. The van der Waals surface area contributed by atoms with Crippen LogP contribution in [0.5, 0.6) is 5.75 Å². The zero-order chi connectivity index (χ0) is 20.6. The Kier molecular flexibility index (Phi) is 7.21. The molecule has 2 aromatic carbocycles. The van der Waals surface area contributed by atoms with E-state index < -0.39 is 5.41 Å². The van der Waals surface area contributed by atoms with Crippen LogP contribution >= 0.6 is 0 Å². The minimum Gasteiger partial charge on any atom is -0.487 e. The summed E-state index contributed by atoms with van der Waals surface area (Å²) in [5.41, 5.74) is 1.47. The fourth-order valence-electron chi connectivity index (χ4n) is 2.26.